The molecule has 0 aromatic heterocycles. The van der Waals surface area contributed by atoms with Crippen LogP contribution in [0, 0.1) is 0 Å². The number of unbranched alkanes of at least 4 members (excludes halogenated alkanes) is 1. The summed E-state index contributed by atoms with van der Waals surface area (Å²) in [6.45, 7) is 1.87. The quantitative estimate of drug-likeness (QED) is 0.691. The van der Waals surface area contributed by atoms with E-state index in [0.717, 1.165) is 10.7 Å². The molecule has 6 nitrogen and oxygen atoms in total. The maximum absolute atomic E-state index is 12.0. The Bertz CT molecular complexity index is 367. The minimum absolute atomic E-state index is 0.00368. The summed E-state index contributed by atoms with van der Waals surface area (Å²) in [4.78, 5) is 11.5. The van der Waals surface area contributed by atoms with Gasteiger partial charge in [0.2, 0.25) is 10.0 Å². The lowest BCUT2D eigenvalue weighted by atomic mass is 10.2. The van der Waals surface area contributed by atoms with E-state index in [1.807, 2.05) is 6.92 Å². The Hall–Kier alpha value is -0.660. The van der Waals surface area contributed by atoms with Gasteiger partial charge in [-0.3, -0.25) is 4.79 Å². The molecule has 0 amide bonds. The van der Waals surface area contributed by atoms with Gasteiger partial charge in [-0.2, -0.15) is 4.31 Å². The second kappa shape index (κ2) is 5.79. The number of hydrogen-bond donors (Lipinski definition) is 1. The van der Waals surface area contributed by atoms with Gasteiger partial charge in [-0.25, -0.2) is 8.42 Å². The number of nitrogens with zero attached hydrogens (tertiary/aromatic N) is 1. The third kappa shape index (κ3) is 3.40. The molecule has 0 aromatic carbocycles. The molecule has 7 heteroatoms. The molecule has 1 N–H and O–H groups in total. The summed E-state index contributed by atoms with van der Waals surface area (Å²) in [5.74, 6) is -0.606. The number of carbonyl (C=O) groups is 1. The van der Waals surface area contributed by atoms with Crippen LogP contribution in [0.3, 0.4) is 0 Å². The van der Waals surface area contributed by atoms with E-state index >= 15 is 0 Å². The largest absolute Gasteiger partial charge is 0.468 e. The Balaban J connectivity index is 2.83. The monoisotopic (exact) mass is 265 g/mol. The molecule has 1 aliphatic heterocycles. The van der Waals surface area contributed by atoms with E-state index in [1.54, 1.807) is 0 Å². The number of aliphatic hydroxyl groups is 1. The average Bonchev–Trinajstić information content (AvgIpc) is 2.68. The van der Waals surface area contributed by atoms with Gasteiger partial charge in [0.15, 0.2) is 0 Å². The number of carbonyl (C=O) groups excluding carboxylic acids is 1. The zero-order chi connectivity index (χ0) is 13.1. The summed E-state index contributed by atoms with van der Waals surface area (Å²) < 4.78 is 29.6. The van der Waals surface area contributed by atoms with Crippen LogP contribution >= 0.6 is 0 Å². The first-order valence-corrected chi connectivity index (χ1v) is 7.28. The molecule has 1 saturated heterocycles. The summed E-state index contributed by atoms with van der Waals surface area (Å²) in [6, 6.07) is -0.878. The lowest BCUT2D eigenvalue weighted by molar-refractivity contribution is -0.144. The molecule has 0 radical (unpaired) electrons. The van der Waals surface area contributed by atoms with Crippen molar-refractivity contribution in [2.75, 3.05) is 19.4 Å². The summed E-state index contributed by atoms with van der Waals surface area (Å²) in [5.41, 5.74) is 0. The summed E-state index contributed by atoms with van der Waals surface area (Å²) in [7, 11) is -2.27. The van der Waals surface area contributed by atoms with Gasteiger partial charge in [-0.05, 0) is 6.42 Å². The fourth-order valence-electron chi connectivity index (χ4n) is 1.89. The molecular weight excluding hydrogens is 246 g/mol. The van der Waals surface area contributed by atoms with Gasteiger partial charge in [0, 0.05) is 13.0 Å². The predicted molar refractivity (Wildman–Crippen MR) is 61.8 cm³/mol. The molecule has 2 unspecified atom stereocenters. The topological polar surface area (TPSA) is 83.9 Å². The van der Waals surface area contributed by atoms with Crippen LogP contribution < -0.4 is 0 Å². The van der Waals surface area contributed by atoms with Crippen molar-refractivity contribution in [2.45, 2.75) is 38.3 Å². The lowest BCUT2D eigenvalue weighted by Crippen LogP contribution is -2.42. The zero-order valence-electron chi connectivity index (χ0n) is 10.1. The highest BCUT2D eigenvalue weighted by Crippen LogP contribution is 2.23. The summed E-state index contributed by atoms with van der Waals surface area (Å²) in [6.07, 6.45) is 0.620. The molecule has 0 saturated carbocycles. The maximum atomic E-state index is 12.0. The Labute approximate surface area is 102 Å². The molecule has 2 atom stereocenters. The van der Waals surface area contributed by atoms with Crippen molar-refractivity contribution in [3.8, 4) is 0 Å². The number of aliphatic hydroxyl groups excluding tert-OH is 1. The number of sulfonamides is 1. The van der Waals surface area contributed by atoms with Gasteiger partial charge in [-0.1, -0.05) is 13.3 Å². The Morgan fingerprint density at radius 1 is 1.53 bits per heavy atom. The lowest BCUT2D eigenvalue weighted by Gasteiger charge is -2.21. The molecule has 1 aliphatic rings. The molecular formula is C10H19NO5S. The Kier molecular flexibility index (Phi) is 4.91. The third-order valence-corrected chi connectivity index (χ3v) is 4.74. The van der Waals surface area contributed by atoms with Crippen LogP contribution in [0.15, 0.2) is 0 Å². The van der Waals surface area contributed by atoms with E-state index in [0.29, 0.717) is 6.42 Å². The first-order valence-electron chi connectivity index (χ1n) is 5.67. The van der Waals surface area contributed by atoms with E-state index < -0.39 is 28.1 Å². The van der Waals surface area contributed by atoms with Gasteiger partial charge in [0.25, 0.3) is 0 Å². The minimum Gasteiger partial charge on any atom is -0.468 e. The fraction of sp³-hybridized carbons (Fsp3) is 0.900. The highest BCUT2D eigenvalue weighted by Gasteiger charge is 2.42. The standard InChI is InChI=1S/C10H19NO5S/c1-3-4-5-17(14,15)11-7-8(12)6-9(11)10(13)16-2/h8-9,12H,3-7H2,1-2H3. The molecule has 1 rings (SSSR count). The summed E-state index contributed by atoms with van der Waals surface area (Å²) in [5, 5.41) is 9.49. The fourth-order valence-corrected chi connectivity index (χ4v) is 3.73. The molecule has 17 heavy (non-hydrogen) atoms. The van der Waals surface area contributed by atoms with Gasteiger partial charge in [0.1, 0.15) is 6.04 Å². The van der Waals surface area contributed by atoms with Gasteiger partial charge in [-0.15, -0.1) is 0 Å². The van der Waals surface area contributed by atoms with Gasteiger partial charge in [0.05, 0.1) is 19.0 Å². The van der Waals surface area contributed by atoms with Crippen molar-refractivity contribution in [2.24, 2.45) is 0 Å². The molecule has 100 valence electrons. The number of methoxy groups -OCH3 is 1. The number of rotatable bonds is 5. The van der Waals surface area contributed by atoms with Crippen LogP contribution in [0.4, 0.5) is 0 Å². The highest BCUT2D eigenvalue weighted by molar-refractivity contribution is 7.89. The van der Waals surface area contributed by atoms with Crippen LogP contribution in [0.25, 0.3) is 0 Å². The number of esters is 1. The molecule has 1 fully saturated rings. The Morgan fingerprint density at radius 2 is 2.18 bits per heavy atom. The second-order valence-electron chi connectivity index (χ2n) is 4.17. The normalized spacial score (nSPS) is 26.1. The minimum atomic E-state index is -3.49. The van der Waals surface area contributed by atoms with Crippen molar-refractivity contribution in [1.82, 2.24) is 4.31 Å². The van der Waals surface area contributed by atoms with E-state index in [2.05, 4.69) is 4.74 Å². The first kappa shape index (κ1) is 14.4. The predicted octanol–water partition coefficient (Wildman–Crippen LogP) is -0.275. The zero-order valence-corrected chi connectivity index (χ0v) is 10.9. The molecule has 0 aliphatic carbocycles. The summed E-state index contributed by atoms with van der Waals surface area (Å²) >= 11 is 0. The van der Waals surface area contributed by atoms with Crippen molar-refractivity contribution in [3.05, 3.63) is 0 Å². The maximum Gasteiger partial charge on any atom is 0.324 e. The van der Waals surface area contributed by atoms with E-state index in [4.69, 9.17) is 0 Å². The molecule has 1 heterocycles. The number of hydrogen-bond acceptors (Lipinski definition) is 5. The van der Waals surface area contributed by atoms with E-state index in [1.165, 1.54) is 7.11 Å². The van der Waals surface area contributed by atoms with Crippen LogP contribution in [-0.4, -0.2) is 55.4 Å². The SMILES string of the molecule is CCCCS(=O)(=O)N1CC(O)CC1C(=O)OC. The smallest absolute Gasteiger partial charge is 0.324 e. The van der Waals surface area contributed by atoms with Crippen LogP contribution in [-0.2, 0) is 19.6 Å². The van der Waals surface area contributed by atoms with Crippen molar-refractivity contribution < 1.29 is 23.1 Å². The van der Waals surface area contributed by atoms with Crippen LogP contribution in [0.5, 0.6) is 0 Å². The van der Waals surface area contributed by atoms with E-state index in [-0.39, 0.29) is 18.7 Å². The first-order chi connectivity index (χ1) is 7.92. The van der Waals surface area contributed by atoms with Crippen molar-refractivity contribution in [1.29, 1.82) is 0 Å². The van der Waals surface area contributed by atoms with Gasteiger partial charge < -0.3 is 9.84 Å². The molecule has 0 spiro atoms. The average molecular weight is 265 g/mol. The molecule has 0 aromatic rings. The van der Waals surface area contributed by atoms with Gasteiger partial charge >= 0.3 is 5.97 Å². The van der Waals surface area contributed by atoms with Crippen LogP contribution in [0.2, 0.25) is 0 Å². The van der Waals surface area contributed by atoms with Crippen molar-refractivity contribution >= 4 is 16.0 Å². The highest BCUT2D eigenvalue weighted by atomic mass is 32.2. The molecule has 0 bridgehead atoms. The third-order valence-electron chi connectivity index (χ3n) is 2.82. The number of β-amino-alcohol motifs (C(OH)–C–C–N with tert-alkyl or cyclic N) is 1. The van der Waals surface area contributed by atoms with E-state index in [9.17, 15) is 18.3 Å². The van der Waals surface area contributed by atoms with Crippen LogP contribution in [0.1, 0.15) is 26.2 Å². The van der Waals surface area contributed by atoms with Crippen molar-refractivity contribution in [3.63, 3.8) is 0 Å². The second-order valence-corrected chi connectivity index (χ2v) is 6.21. The number of ether oxygens (including phenoxy) is 1. The Morgan fingerprint density at radius 3 is 2.71 bits per heavy atom.